The molecule has 0 atom stereocenters. The zero-order valence-electron chi connectivity index (χ0n) is 15.4. The smallest absolute Gasteiger partial charge is 0.266 e. The number of nitrogens with two attached hydrogens (primary N) is 1. The number of rotatable bonds is 3. The molecule has 1 aliphatic heterocycles. The van der Waals surface area contributed by atoms with Crippen LogP contribution in [0.25, 0.3) is 10.2 Å². The maximum absolute atomic E-state index is 13.0. The van der Waals surface area contributed by atoms with Gasteiger partial charge in [0.05, 0.1) is 10.3 Å². The Kier molecular flexibility index (Phi) is 4.72. The largest absolute Gasteiger partial charge is 0.366 e. The fraction of sp³-hybridized carbons (Fsp3) is 0.300. The summed E-state index contributed by atoms with van der Waals surface area (Å²) in [5, 5.41) is 3.30. The Morgan fingerprint density at radius 1 is 1.25 bits per heavy atom. The number of carbonyl (C=O) groups excluding carboxylic acids is 2. The van der Waals surface area contributed by atoms with Crippen LogP contribution in [-0.2, 0) is 13.0 Å². The summed E-state index contributed by atoms with van der Waals surface area (Å²) in [6, 6.07) is 6.44. The molecule has 0 saturated heterocycles. The lowest BCUT2D eigenvalue weighted by Crippen LogP contribution is -2.24. The van der Waals surface area contributed by atoms with E-state index in [4.69, 9.17) is 5.73 Å². The van der Waals surface area contributed by atoms with Gasteiger partial charge in [-0.05, 0) is 43.5 Å². The molecule has 0 unspecified atom stereocenters. The number of thiophene rings is 1. The molecule has 0 spiro atoms. The Morgan fingerprint density at radius 3 is 2.86 bits per heavy atom. The summed E-state index contributed by atoms with van der Waals surface area (Å²) in [5.41, 5.74) is 6.65. The molecular weight excluding hydrogens is 376 g/mol. The number of aromatic nitrogens is 2. The van der Waals surface area contributed by atoms with Crippen molar-refractivity contribution in [3.8, 4) is 0 Å². The molecule has 0 bridgehead atoms. The number of hydrogen-bond donors (Lipinski definition) is 2. The minimum Gasteiger partial charge on any atom is -0.366 e. The van der Waals surface area contributed by atoms with E-state index in [2.05, 4.69) is 10.3 Å². The molecule has 1 aromatic carbocycles. The van der Waals surface area contributed by atoms with Crippen LogP contribution in [0, 0.1) is 6.92 Å². The zero-order chi connectivity index (χ0) is 19.8. The maximum atomic E-state index is 13.0. The second kappa shape index (κ2) is 7.20. The van der Waals surface area contributed by atoms with Gasteiger partial charge in [-0.2, -0.15) is 0 Å². The molecule has 144 valence electrons. The van der Waals surface area contributed by atoms with E-state index in [0.29, 0.717) is 38.5 Å². The van der Waals surface area contributed by atoms with Crippen molar-refractivity contribution in [3.05, 3.63) is 56.4 Å². The molecule has 0 saturated carbocycles. The van der Waals surface area contributed by atoms with E-state index in [1.807, 2.05) is 0 Å². The quantitative estimate of drug-likeness (QED) is 0.710. The van der Waals surface area contributed by atoms with E-state index in [0.717, 1.165) is 31.5 Å². The van der Waals surface area contributed by atoms with E-state index < -0.39 is 5.91 Å². The molecule has 1 aliphatic rings. The molecule has 3 aromatic rings. The molecule has 4 rings (SSSR count). The van der Waals surface area contributed by atoms with Crippen LogP contribution in [0.15, 0.2) is 29.1 Å². The fourth-order valence-electron chi connectivity index (χ4n) is 3.56. The van der Waals surface area contributed by atoms with E-state index in [-0.39, 0.29) is 11.5 Å². The predicted octanol–water partition coefficient (Wildman–Crippen LogP) is 2.84. The van der Waals surface area contributed by atoms with Crippen molar-refractivity contribution in [3.63, 3.8) is 0 Å². The number of aryl methyl sites for hydroxylation is 2. The molecule has 0 fully saturated rings. The normalized spacial score (nSPS) is 13.8. The summed E-state index contributed by atoms with van der Waals surface area (Å²) in [7, 11) is 0. The number of nitrogens with zero attached hydrogens (tertiary/aromatic N) is 2. The number of fused-ring (bicyclic) bond motifs is 2. The standard InChI is InChI=1S/C20H20N4O3S/c1-11-15-19(23-14-8-3-2-4-9-24(14)20(15)27)28-16(11)18(26)22-13-7-5-6-12(10-13)17(21)25/h5-7,10H,2-4,8-9H2,1H3,(H2,21,25)(H,22,26). The molecule has 28 heavy (non-hydrogen) atoms. The summed E-state index contributed by atoms with van der Waals surface area (Å²) < 4.78 is 1.76. The van der Waals surface area contributed by atoms with E-state index >= 15 is 0 Å². The minimum atomic E-state index is -0.562. The molecule has 2 aromatic heterocycles. The third-order valence-corrected chi connectivity index (χ3v) is 6.21. The summed E-state index contributed by atoms with van der Waals surface area (Å²) >= 11 is 1.23. The summed E-state index contributed by atoms with van der Waals surface area (Å²) in [5.74, 6) is -0.0908. The Labute approximate surface area is 165 Å². The van der Waals surface area contributed by atoms with Crippen molar-refractivity contribution in [2.75, 3.05) is 5.32 Å². The van der Waals surface area contributed by atoms with Crippen LogP contribution in [0.1, 0.15) is 50.7 Å². The van der Waals surface area contributed by atoms with Crippen LogP contribution in [0.5, 0.6) is 0 Å². The van der Waals surface area contributed by atoms with E-state index in [9.17, 15) is 14.4 Å². The molecule has 3 N–H and O–H groups in total. The molecule has 3 heterocycles. The van der Waals surface area contributed by atoms with Gasteiger partial charge in [-0.1, -0.05) is 12.5 Å². The lowest BCUT2D eigenvalue weighted by atomic mass is 10.1. The second-order valence-electron chi connectivity index (χ2n) is 6.93. The van der Waals surface area contributed by atoms with Crippen LogP contribution in [-0.4, -0.2) is 21.4 Å². The van der Waals surface area contributed by atoms with Crippen molar-refractivity contribution >= 4 is 39.1 Å². The zero-order valence-corrected chi connectivity index (χ0v) is 16.3. The van der Waals surface area contributed by atoms with Gasteiger partial charge < -0.3 is 11.1 Å². The van der Waals surface area contributed by atoms with E-state index in [1.54, 1.807) is 29.7 Å². The topological polar surface area (TPSA) is 107 Å². The van der Waals surface area contributed by atoms with Crippen LogP contribution < -0.4 is 16.6 Å². The first-order valence-corrected chi connectivity index (χ1v) is 10.0. The fourth-order valence-corrected chi connectivity index (χ4v) is 4.65. The van der Waals surface area contributed by atoms with Crippen molar-refractivity contribution in [1.82, 2.24) is 9.55 Å². The van der Waals surface area contributed by atoms with Gasteiger partial charge in [-0.15, -0.1) is 11.3 Å². The maximum Gasteiger partial charge on any atom is 0.266 e. The third-order valence-electron chi connectivity index (χ3n) is 5.02. The lowest BCUT2D eigenvalue weighted by Gasteiger charge is -2.08. The molecular formula is C20H20N4O3S. The first-order chi connectivity index (χ1) is 13.5. The number of nitrogens with one attached hydrogen (secondary N) is 1. The minimum absolute atomic E-state index is 0.0644. The average molecular weight is 396 g/mol. The van der Waals surface area contributed by atoms with Gasteiger partial charge in [0.2, 0.25) is 5.91 Å². The van der Waals surface area contributed by atoms with Crippen molar-refractivity contribution in [1.29, 1.82) is 0 Å². The van der Waals surface area contributed by atoms with Crippen LogP contribution >= 0.6 is 11.3 Å². The van der Waals surface area contributed by atoms with Gasteiger partial charge in [-0.3, -0.25) is 19.0 Å². The number of carbonyl (C=O) groups is 2. The lowest BCUT2D eigenvalue weighted by molar-refractivity contribution is 0.0996. The Balaban J connectivity index is 1.73. The van der Waals surface area contributed by atoms with Gasteiger partial charge in [0, 0.05) is 24.2 Å². The van der Waals surface area contributed by atoms with Gasteiger partial charge in [-0.25, -0.2) is 4.98 Å². The van der Waals surface area contributed by atoms with Crippen molar-refractivity contribution in [2.45, 2.75) is 39.2 Å². The molecule has 7 nitrogen and oxygen atoms in total. The van der Waals surface area contributed by atoms with Crippen molar-refractivity contribution in [2.24, 2.45) is 5.73 Å². The highest BCUT2D eigenvalue weighted by molar-refractivity contribution is 7.20. The van der Waals surface area contributed by atoms with Gasteiger partial charge >= 0.3 is 0 Å². The number of anilines is 1. The predicted molar refractivity (Wildman–Crippen MR) is 109 cm³/mol. The first kappa shape index (κ1) is 18.4. The number of primary amides is 1. The van der Waals surface area contributed by atoms with Gasteiger partial charge in [0.1, 0.15) is 10.7 Å². The molecule has 0 aliphatic carbocycles. The Hall–Kier alpha value is -3.00. The van der Waals surface area contributed by atoms with Crippen LogP contribution in [0.3, 0.4) is 0 Å². The van der Waals surface area contributed by atoms with Crippen molar-refractivity contribution < 1.29 is 9.59 Å². The second-order valence-corrected chi connectivity index (χ2v) is 7.93. The van der Waals surface area contributed by atoms with Crippen LogP contribution in [0.4, 0.5) is 5.69 Å². The summed E-state index contributed by atoms with van der Waals surface area (Å²) in [6.07, 6.45) is 3.86. The number of benzene rings is 1. The molecule has 0 radical (unpaired) electrons. The summed E-state index contributed by atoms with van der Waals surface area (Å²) in [4.78, 5) is 42.9. The number of hydrogen-bond acceptors (Lipinski definition) is 5. The summed E-state index contributed by atoms with van der Waals surface area (Å²) in [6.45, 7) is 2.45. The first-order valence-electron chi connectivity index (χ1n) is 9.19. The van der Waals surface area contributed by atoms with Crippen LogP contribution in [0.2, 0.25) is 0 Å². The highest BCUT2D eigenvalue weighted by atomic mass is 32.1. The number of amides is 2. The molecule has 8 heteroatoms. The highest BCUT2D eigenvalue weighted by Gasteiger charge is 2.22. The Morgan fingerprint density at radius 2 is 2.07 bits per heavy atom. The Bertz CT molecular complexity index is 1160. The van der Waals surface area contributed by atoms with E-state index in [1.165, 1.54) is 17.4 Å². The molecule has 2 amide bonds. The third kappa shape index (κ3) is 3.20. The SMILES string of the molecule is Cc1c(C(=O)Nc2cccc(C(N)=O)c2)sc2nc3n(c(=O)c12)CCCCC3. The van der Waals surface area contributed by atoms with Gasteiger partial charge in [0.15, 0.2) is 0 Å². The monoisotopic (exact) mass is 396 g/mol. The average Bonchev–Trinajstić information content (AvgIpc) is 2.84. The highest BCUT2D eigenvalue weighted by Crippen LogP contribution is 2.29. The van der Waals surface area contributed by atoms with Gasteiger partial charge in [0.25, 0.3) is 11.5 Å².